The number of likely N-dealkylation sites (tertiary alicyclic amines) is 1. The zero-order valence-electron chi connectivity index (χ0n) is 18.5. The Kier molecular flexibility index (Phi) is 5.68. The van der Waals surface area contributed by atoms with E-state index in [-0.39, 0.29) is 11.5 Å². The maximum atomic E-state index is 11.7. The first kappa shape index (κ1) is 22.4. The van der Waals surface area contributed by atoms with Crippen LogP contribution in [-0.4, -0.2) is 43.9 Å². The van der Waals surface area contributed by atoms with Crippen LogP contribution >= 0.6 is 15.9 Å². The molecule has 3 aliphatic rings. The number of hydrogen-bond acceptors (Lipinski definition) is 4. The lowest BCUT2D eigenvalue weighted by Crippen LogP contribution is -2.43. The van der Waals surface area contributed by atoms with Gasteiger partial charge in [-0.05, 0) is 72.4 Å². The highest BCUT2D eigenvalue weighted by Gasteiger charge is 2.68. The second kappa shape index (κ2) is 8.12. The van der Waals surface area contributed by atoms with Crippen LogP contribution in [0.5, 0.6) is 0 Å². The summed E-state index contributed by atoms with van der Waals surface area (Å²) in [5.74, 6) is 1.66. The molecule has 1 aliphatic heterocycles. The molecule has 3 fully saturated rings. The molecule has 0 spiro atoms. The number of nitrogens with one attached hydrogen (secondary N) is 1. The van der Waals surface area contributed by atoms with Crippen molar-refractivity contribution in [3.8, 4) is 0 Å². The fourth-order valence-corrected chi connectivity index (χ4v) is 7.57. The molecule has 0 bridgehead atoms. The van der Waals surface area contributed by atoms with Gasteiger partial charge in [0.05, 0.1) is 12.4 Å². The quantitative estimate of drug-likeness (QED) is 0.564. The van der Waals surface area contributed by atoms with Crippen LogP contribution in [0.1, 0.15) is 43.4 Å². The monoisotopic (exact) mass is 518 g/mol. The molecule has 32 heavy (non-hydrogen) atoms. The molecular weight excluding hydrogens is 488 g/mol. The van der Waals surface area contributed by atoms with Gasteiger partial charge in [-0.15, -0.1) is 0 Å². The van der Waals surface area contributed by atoms with Gasteiger partial charge in [-0.3, -0.25) is 9.62 Å². The number of hydrogen-bond donors (Lipinski definition) is 2. The molecule has 7 heteroatoms. The molecule has 3 unspecified atom stereocenters. The minimum Gasteiger partial charge on any atom is -0.393 e. The Morgan fingerprint density at radius 1 is 1.16 bits per heavy atom. The topological polar surface area (TPSA) is 69.6 Å². The van der Waals surface area contributed by atoms with Crippen LogP contribution in [0.15, 0.2) is 53.0 Å². The summed E-state index contributed by atoms with van der Waals surface area (Å²) in [6.45, 7) is 4.35. The van der Waals surface area contributed by atoms with Crippen LogP contribution < -0.4 is 4.72 Å². The van der Waals surface area contributed by atoms with Crippen molar-refractivity contribution in [1.82, 2.24) is 4.90 Å². The molecule has 2 aliphatic carbocycles. The molecular formula is C25H31BrN2O3S. The molecule has 1 heterocycles. The SMILES string of the molecule is CCC1(c2cccc(NS(C)(=O)=O)c2)C2CN(C(c3cccc(Br)c3)C3CC(O)C3)CC21. The average Bonchev–Trinajstić information content (AvgIpc) is 3.07. The summed E-state index contributed by atoms with van der Waals surface area (Å²) in [5.41, 5.74) is 3.36. The molecule has 2 saturated carbocycles. The number of nitrogens with zero attached hydrogens (tertiary/aromatic N) is 1. The molecule has 5 rings (SSSR count). The molecule has 2 aromatic rings. The van der Waals surface area contributed by atoms with Crippen LogP contribution in [0.2, 0.25) is 0 Å². The van der Waals surface area contributed by atoms with E-state index in [4.69, 9.17) is 0 Å². The number of benzene rings is 2. The molecule has 0 amide bonds. The maximum Gasteiger partial charge on any atom is 0.229 e. The predicted octanol–water partition coefficient (Wildman–Crippen LogP) is 4.54. The number of fused-ring (bicyclic) bond motifs is 1. The third-order valence-electron chi connectivity index (χ3n) is 8.03. The lowest BCUT2D eigenvalue weighted by atomic mass is 9.74. The van der Waals surface area contributed by atoms with Crippen LogP contribution in [0.4, 0.5) is 5.69 Å². The Balaban J connectivity index is 1.38. The number of aliphatic hydroxyl groups is 1. The molecule has 3 atom stereocenters. The third-order valence-corrected chi connectivity index (χ3v) is 9.13. The Morgan fingerprint density at radius 2 is 1.84 bits per heavy atom. The van der Waals surface area contributed by atoms with Crippen molar-refractivity contribution in [2.45, 2.75) is 43.7 Å². The molecule has 1 saturated heterocycles. The minimum absolute atomic E-state index is 0.132. The van der Waals surface area contributed by atoms with Crippen molar-refractivity contribution in [3.63, 3.8) is 0 Å². The van der Waals surface area contributed by atoms with E-state index in [9.17, 15) is 13.5 Å². The fourth-order valence-electron chi connectivity index (χ4n) is 6.59. The summed E-state index contributed by atoms with van der Waals surface area (Å²) in [5, 5.41) is 9.97. The van der Waals surface area contributed by atoms with Gasteiger partial charge in [0.25, 0.3) is 0 Å². The van der Waals surface area contributed by atoms with Crippen LogP contribution in [0.3, 0.4) is 0 Å². The number of sulfonamides is 1. The summed E-state index contributed by atoms with van der Waals surface area (Å²) in [6, 6.07) is 16.9. The first-order valence-electron chi connectivity index (χ1n) is 11.5. The second-order valence-corrected chi connectivity index (χ2v) is 12.6. The van der Waals surface area contributed by atoms with E-state index in [1.165, 1.54) is 17.4 Å². The van der Waals surface area contributed by atoms with Gasteiger partial charge in [0.15, 0.2) is 0 Å². The molecule has 2 aromatic carbocycles. The van der Waals surface area contributed by atoms with Crippen molar-refractivity contribution in [2.24, 2.45) is 17.8 Å². The van der Waals surface area contributed by atoms with Gasteiger partial charge in [0.1, 0.15) is 0 Å². The zero-order valence-corrected chi connectivity index (χ0v) is 20.9. The summed E-state index contributed by atoms with van der Waals surface area (Å²) in [6.07, 6.45) is 3.84. The van der Waals surface area contributed by atoms with Crippen molar-refractivity contribution in [1.29, 1.82) is 0 Å². The van der Waals surface area contributed by atoms with E-state index < -0.39 is 10.0 Å². The average molecular weight is 520 g/mol. The molecule has 0 radical (unpaired) electrons. The Labute approximate surface area is 199 Å². The fraction of sp³-hybridized carbons (Fsp3) is 0.520. The van der Waals surface area contributed by atoms with E-state index in [0.29, 0.717) is 29.5 Å². The van der Waals surface area contributed by atoms with Gasteiger partial charge < -0.3 is 5.11 Å². The smallest absolute Gasteiger partial charge is 0.229 e. The largest absolute Gasteiger partial charge is 0.393 e. The van der Waals surface area contributed by atoms with E-state index in [0.717, 1.165) is 36.8 Å². The highest BCUT2D eigenvalue weighted by Crippen LogP contribution is 2.67. The standard InChI is InChI=1S/C25H31BrN2O3S/c1-3-25(18-7-5-9-20(13-18)27-32(2,30)31)22-14-28(15-23(22)25)24(17-11-21(29)12-17)16-6-4-8-19(26)10-16/h4-10,13,17,21-24,27,29H,3,11-12,14-15H2,1-2H3. The third kappa shape index (κ3) is 3.91. The van der Waals surface area contributed by atoms with E-state index in [1.807, 2.05) is 18.2 Å². The van der Waals surface area contributed by atoms with Crippen molar-refractivity contribution >= 4 is 31.6 Å². The summed E-state index contributed by atoms with van der Waals surface area (Å²) in [4.78, 5) is 2.64. The predicted molar refractivity (Wildman–Crippen MR) is 131 cm³/mol. The van der Waals surface area contributed by atoms with Crippen LogP contribution in [0.25, 0.3) is 0 Å². The number of piperidine rings is 1. The highest BCUT2D eigenvalue weighted by atomic mass is 79.9. The summed E-state index contributed by atoms with van der Waals surface area (Å²) in [7, 11) is -3.29. The molecule has 172 valence electrons. The van der Waals surface area contributed by atoms with Gasteiger partial charge in [-0.2, -0.15) is 0 Å². The van der Waals surface area contributed by atoms with Gasteiger partial charge in [0.2, 0.25) is 10.0 Å². The number of anilines is 1. The van der Waals surface area contributed by atoms with E-state index in [2.05, 4.69) is 62.8 Å². The summed E-state index contributed by atoms with van der Waals surface area (Å²) >= 11 is 3.63. The highest BCUT2D eigenvalue weighted by molar-refractivity contribution is 9.10. The van der Waals surface area contributed by atoms with Crippen LogP contribution in [-0.2, 0) is 15.4 Å². The Hall–Kier alpha value is -1.41. The molecule has 0 aromatic heterocycles. The normalized spacial score (nSPS) is 32.8. The zero-order chi connectivity index (χ0) is 22.7. The van der Waals surface area contributed by atoms with Gasteiger partial charge >= 0.3 is 0 Å². The lowest BCUT2D eigenvalue weighted by Gasteiger charge is -2.44. The molecule has 2 N–H and O–H groups in total. The van der Waals surface area contributed by atoms with Gasteiger partial charge in [-0.25, -0.2) is 8.42 Å². The molecule has 5 nitrogen and oxygen atoms in total. The maximum absolute atomic E-state index is 11.7. The number of halogens is 1. The van der Waals surface area contributed by atoms with Gasteiger partial charge in [0, 0.05) is 34.7 Å². The second-order valence-electron chi connectivity index (χ2n) is 9.90. The number of aliphatic hydroxyl groups excluding tert-OH is 1. The van der Waals surface area contributed by atoms with E-state index >= 15 is 0 Å². The van der Waals surface area contributed by atoms with Crippen molar-refractivity contribution < 1.29 is 13.5 Å². The minimum atomic E-state index is -3.29. The van der Waals surface area contributed by atoms with Crippen molar-refractivity contribution in [3.05, 3.63) is 64.1 Å². The Morgan fingerprint density at radius 3 is 2.44 bits per heavy atom. The summed E-state index contributed by atoms with van der Waals surface area (Å²) < 4.78 is 27.1. The number of rotatable bonds is 7. The van der Waals surface area contributed by atoms with Crippen LogP contribution in [0, 0.1) is 17.8 Å². The van der Waals surface area contributed by atoms with Gasteiger partial charge in [-0.1, -0.05) is 47.1 Å². The van der Waals surface area contributed by atoms with E-state index in [1.54, 1.807) is 0 Å². The first-order chi connectivity index (χ1) is 15.2. The first-order valence-corrected chi connectivity index (χ1v) is 14.2. The Bertz CT molecular complexity index is 1100. The van der Waals surface area contributed by atoms with Crippen molar-refractivity contribution in [2.75, 3.05) is 24.1 Å². The lowest BCUT2D eigenvalue weighted by molar-refractivity contribution is -0.00805.